The summed E-state index contributed by atoms with van der Waals surface area (Å²) in [4.78, 5) is 25.2. The van der Waals surface area contributed by atoms with Crippen LogP contribution in [0.3, 0.4) is 0 Å². The van der Waals surface area contributed by atoms with Crippen LogP contribution in [0.15, 0.2) is 0 Å². The van der Waals surface area contributed by atoms with Crippen molar-refractivity contribution in [2.75, 3.05) is 12.8 Å². The van der Waals surface area contributed by atoms with Crippen molar-refractivity contribution in [3.05, 3.63) is 0 Å². The van der Waals surface area contributed by atoms with Gasteiger partial charge in [-0.25, -0.2) is 9.59 Å². The Labute approximate surface area is 118 Å². The molecule has 6 heteroatoms. The topological polar surface area (TPSA) is 69.6 Å². The van der Waals surface area contributed by atoms with Gasteiger partial charge >= 0.3 is 12.0 Å². The first-order chi connectivity index (χ1) is 8.99. The maximum absolute atomic E-state index is 12.3. The summed E-state index contributed by atoms with van der Waals surface area (Å²) >= 11 is 1.78. The predicted octanol–water partition coefficient (Wildman–Crippen LogP) is 1.92. The fourth-order valence-electron chi connectivity index (χ4n) is 3.12. The van der Waals surface area contributed by atoms with Crippen molar-refractivity contribution in [2.45, 2.75) is 55.9 Å². The molecular formula is C13H22N2O3S. The van der Waals surface area contributed by atoms with E-state index in [1.807, 2.05) is 0 Å². The summed E-state index contributed by atoms with van der Waals surface area (Å²) < 4.78 is 0. The quantitative estimate of drug-likeness (QED) is 0.831. The zero-order chi connectivity index (χ0) is 14.0. The lowest BCUT2D eigenvalue weighted by Crippen LogP contribution is -2.56. The molecule has 0 spiro atoms. The van der Waals surface area contributed by atoms with Crippen LogP contribution in [-0.4, -0.2) is 51.6 Å². The number of carboxylic acids is 1. The number of nitrogens with zero attached hydrogens (tertiary/aromatic N) is 1. The minimum absolute atomic E-state index is 0.182. The molecule has 108 valence electrons. The minimum atomic E-state index is -1.04. The number of carbonyl (C=O) groups excluding carboxylic acids is 1. The molecule has 1 aliphatic carbocycles. The first-order valence-electron chi connectivity index (χ1n) is 6.83. The molecule has 2 N–H and O–H groups in total. The molecule has 2 fully saturated rings. The Morgan fingerprint density at radius 2 is 2.11 bits per heavy atom. The van der Waals surface area contributed by atoms with E-state index in [9.17, 15) is 14.7 Å². The number of amides is 2. The third kappa shape index (κ3) is 2.68. The monoisotopic (exact) mass is 286 g/mol. The van der Waals surface area contributed by atoms with Gasteiger partial charge in [0.1, 0.15) is 5.54 Å². The van der Waals surface area contributed by atoms with Gasteiger partial charge in [0.25, 0.3) is 0 Å². The lowest BCUT2D eigenvalue weighted by molar-refractivity contribution is -0.147. The second-order valence-corrected chi connectivity index (χ2v) is 6.67. The maximum Gasteiger partial charge on any atom is 0.329 e. The smallest absolute Gasteiger partial charge is 0.329 e. The first kappa shape index (κ1) is 14.5. The Morgan fingerprint density at radius 3 is 2.74 bits per heavy atom. The van der Waals surface area contributed by atoms with Crippen LogP contribution < -0.4 is 5.32 Å². The zero-order valence-corrected chi connectivity index (χ0v) is 12.3. The molecule has 2 rings (SSSR count). The third-order valence-electron chi connectivity index (χ3n) is 4.41. The molecular weight excluding hydrogens is 264 g/mol. The van der Waals surface area contributed by atoms with Gasteiger partial charge in [-0.3, -0.25) is 0 Å². The van der Waals surface area contributed by atoms with Gasteiger partial charge in [-0.2, -0.15) is 11.8 Å². The molecule has 3 atom stereocenters. The van der Waals surface area contributed by atoms with E-state index in [0.29, 0.717) is 18.2 Å². The molecule has 1 saturated carbocycles. The van der Waals surface area contributed by atoms with Crippen LogP contribution in [0.2, 0.25) is 0 Å². The van der Waals surface area contributed by atoms with Crippen LogP contribution in [0, 0.1) is 0 Å². The Bertz CT molecular complexity index is 377. The van der Waals surface area contributed by atoms with Crippen LogP contribution in [0.5, 0.6) is 0 Å². The zero-order valence-electron chi connectivity index (χ0n) is 11.5. The van der Waals surface area contributed by atoms with Gasteiger partial charge in [0.05, 0.1) is 0 Å². The van der Waals surface area contributed by atoms with Crippen molar-refractivity contribution in [3.63, 3.8) is 0 Å². The number of carbonyl (C=O) groups is 2. The SMILES string of the molecule is CSC1CCCC1NC(=O)N1CCCC1(C)C(=O)O. The first-order valence-corrected chi connectivity index (χ1v) is 8.12. The molecule has 1 aliphatic heterocycles. The number of thioether (sulfide) groups is 1. The van der Waals surface area contributed by atoms with Crippen LogP contribution in [-0.2, 0) is 4.79 Å². The number of carboxylic acid groups (broad SMARTS) is 1. The van der Waals surface area contributed by atoms with Gasteiger partial charge in [0, 0.05) is 17.8 Å². The van der Waals surface area contributed by atoms with E-state index >= 15 is 0 Å². The number of likely N-dealkylation sites (tertiary alicyclic amines) is 1. The summed E-state index contributed by atoms with van der Waals surface area (Å²) in [5.41, 5.74) is -1.04. The molecule has 0 bridgehead atoms. The van der Waals surface area contributed by atoms with E-state index in [1.54, 1.807) is 18.7 Å². The number of rotatable bonds is 3. The van der Waals surface area contributed by atoms with Crippen molar-refractivity contribution in [3.8, 4) is 0 Å². The molecule has 19 heavy (non-hydrogen) atoms. The highest BCUT2D eigenvalue weighted by Gasteiger charge is 2.46. The van der Waals surface area contributed by atoms with Crippen molar-refractivity contribution in [1.82, 2.24) is 10.2 Å². The van der Waals surface area contributed by atoms with Gasteiger partial charge in [0.15, 0.2) is 0 Å². The van der Waals surface area contributed by atoms with E-state index in [4.69, 9.17) is 0 Å². The lowest BCUT2D eigenvalue weighted by atomic mass is 10.00. The number of hydrogen-bond donors (Lipinski definition) is 2. The number of aliphatic carboxylic acids is 1. The number of urea groups is 1. The Kier molecular flexibility index (Phi) is 4.28. The van der Waals surface area contributed by atoms with E-state index in [2.05, 4.69) is 11.6 Å². The lowest BCUT2D eigenvalue weighted by Gasteiger charge is -2.33. The second kappa shape index (κ2) is 5.61. The van der Waals surface area contributed by atoms with E-state index in [0.717, 1.165) is 25.7 Å². The van der Waals surface area contributed by atoms with Crippen molar-refractivity contribution < 1.29 is 14.7 Å². The van der Waals surface area contributed by atoms with Crippen LogP contribution in [0.4, 0.5) is 4.79 Å². The predicted molar refractivity (Wildman–Crippen MR) is 75.5 cm³/mol. The molecule has 0 aromatic carbocycles. The highest BCUT2D eigenvalue weighted by Crippen LogP contribution is 2.31. The van der Waals surface area contributed by atoms with Crippen molar-refractivity contribution in [2.24, 2.45) is 0 Å². The number of hydrogen-bond acceptors (Lipinski definition) is 3. The van der Waals surface area contributed by atoms with Gasteiger partial charge < -0.3 is 15.3 Å². The standard InChI is InChI=1S/C13H22N2O3S/c1-13(11(16)17)7-4-8-15(13)12(18)14-9-5-3-6-10(9)19-2/h9-10H,3-8H2,1-2H3,(H,14,18)(H,16,17). The van der Waals surface area contributed by atoms with Crippen LogP contribution >= 0.6 is 11.8 Å². The molecule has 0 aromatic rings. The minimum Gasteiger partial charge on any atom is -0.480 e. The molecule has 1 heterocycles. The summed E-state index contributed by atoms with van der Waals surface area (Å²) in [6.45, 7) is 2.17. The fraction of sp³-hybridized carbons (Fsp3) is 0.846. The van der Waals surface area contributed by atoms with Gasteiger partial charge in [-0.05, 0) is 38.9 Å². The molecule has 3 unspecified atom stereocenters. The maximum atomic E-state index is 12.3. The largest absolute Gasteiger partial charge is 0.480 e. The van der Waals surface area contributed by atoms with Crippen molar-refractivity contribution >= 4 is 23.8 Å². The third-order valence-corrected chi connectivity index (χ3v) is 5.58. The average Bonchev–Trinajstić information content (AvgIpc) is 2.96. The second-order valence-electron chi connectivity index (χ2n) is 5.60. The van der Waals surface area contributed by atoms with E-state index in [-0.39, 0.29) is 12.1 Å². The summed E-state index contributed by atoms with van der Waals surface area (Å²) in [5.74, 6) is -0.909. The molecule has 2 amide bonds. The number of nitrogens with one attached hydrogen (secondary N) is 1. The van der Waals surface area contributed by atoms with E-state index < -0.39 is 11.5 Å². The normalized spacial score (nSPS) is 34.5. The summed E-state index contributed by atoms with van der Waals surface area (Å²) in [6, 6.07) is -0.0329. The molecule has 5 nitrogen and oxygen atoms in total. The van der Waals surface area contributed by atoms with E-state index in [1.165, 1.54) is 4.90 Å². The summed E-state index contributed by atoms with van der Waals surface area (Å²) in [5, 5.41) is 12.8. The average molecular weight is 286 g/mol. The molecule has 1 saturated heterocycles. The molecule has 0 aromatic heterocycles. The highest BCUT2D eigenvalue weighted by atomic mass is 32.2. The summed E-state index contributed by atoms with van der Waals surface area (Å²) in [6.07, 6.45) is 6.61. The van der Waals surface area contributed by atoms with Crippen LogP contribution in [0.1, 0.15) is 39.0 Å². The Hall–Kier alpha value is -0.910. The Balaban J connectivity index is 2.01. The molecule has 2 aliphatic rings. The fourth-order valence-corrected chi connectivity index (χ4v) is 4.06. The van der Waals surface area contributed by atoms with Crippen LogP contribution in [0.25, 0.3) is 0 Å². The summed E-state index contributed by atoms with van der Waals surface area (Å²) in [7, 11) is 0. The Morgan fingerprint density at radius 1 is 1.37 bits per heavy atom. The molecule has 0 radical (unpaired) electrons. The van der Waals surface area contributed by atoms with Gasteiger partial charge in [0.2, 0.25) is 0 Å². The van der Waals surface area contributed by atoms with Crippen molar-refractivity contribution in [1.29, 1.82) is 0 Å². The van der Waals surface area contributed by atoms with Gasteiger partial charge in [-0.15, -0.1) is 0 Å². The highest BCUT2D eigenvalue weighted by molar-refractivity contribution is 7.99. The van der Waals surface area contributed by atoms with Gasteiger partial charge in [-0.1, -0.05) is 6.42 Å².